The molecule has 0 radical (unpaired) electrons. The summed E-state index contributed by atoms with van der Waals surface area (Å²) in [5, 5.41) is 0. The Balaban J connectivity index is 1.25. The summed E-state index contributed by atoms with van der Waals surface area (Å²) in [6, 6.07) is 16.1. The number of carbonyl (C=O) groups excluding carboxylic acids is 1. The average Bonchev–Trinajstić information content (AvgIpc) is 3.00. The molecule has 1 aliphatic rings. The third-order valence-electron chi connectivity index (χ3n) is 5.32. The van der Waals surface area contributed by atoms with Gasteiger partial charge in [0.1, 0.15) is 5.75 Å². The number of nitrogens with zero attached hydrogens (tertiary/aromatic N) is 3. The van der Waals surface area contributed by atoms with Crippen LogP contribution in [0.2, 0.25) is 0 Å². The topological polar surface area (TPSA) is 61.5 Å². The second kappa shape index (κ2) is 8.99. The summed E-state index contributed by atoms with van der Waals surface area (Å²) in [5.41, 5.74) is 3.21. The molecule has 3 aromatic rings. The first-order valence-electron chi connectivity index (χ1n) is 10.4. The number of aromatic nitrogens is 2. The number of hydrogen-bond donors (Lipinski definition) is 1. The largest absolute Gasteiger partial charge is 0.494 e. The van der Waals surface area contributed by atoms with Gasteiger partial charge in [-0.2, -0.15) is 0 Å². The zero-order valence-electron chi connectivity index (χ0n) is 16.9. The van der Waals surface area contributed by atoms with Gasteiger partial charge in [0.25, 0.3) is 0 Å². The van der Waals surface area contributed by atoms with Gasteiger partial charge in [-0.05, 0) is 49.6 Å². The van der Waals surface area contributed by atoms with Gasteiger partial charge in [0.05, 0.1) is 17.6 Å². The molecule has 1 aliphatic heterocycles. The number of hydrogen-bond acceptors (Lipinski definition) is 4. The molecule has 152 valence electrons. The van der Waals surface area contributed by atoms with E-state index in [9.17, 15) is 4.79 Å². The number of benzene rings is 2. The van der Waals surface area contributed by atoms with Crippen molar-refractivity contribution in [2.24, 2.45) is 0 Å². The Labute approximate surface area is 171 Å². The van der Waals surface area contributed by atoms with Gasteiger partial charge in [-0.1, -0.05) is 24.3 Å². The van der Waals surface area contributed by atoms with E-state index < -0.39 is 0 Å². The second-order valence-electron chi connectivity index (χ2n) is 7.57. The van der Waals surface area contributed by atoms with Crippen molar-refractivity contribution in [1.29, 1.82) is 0 Å². The van der Waals surface area contributed by atoms with Crippen molar-refractivity contribution in [3.63, 3.8) is 0 Å². The van der Waals surface area contributed by atoms with Crippen molar-refractivity contribution in [3.05, 3.63) is 54.1 Å². The molecule has 0 aliphatic carbocycles. The maximum absolute atomic E-state index is 12.6. The molecular weight excluding hydrogens is 364 g/mol. The number of nitrogens with one attached hydrogen (secondary N) is 1. The van der Waals surface area contributed by atoms with Crippen LogP contribution in [0.3, 0.4) is 0 Å². The van der Waals surface area contributed by atoms with E-state index in [1.165, 1.54) is 5.56 Å². The normalized spacial score (nSPS) is 14.8. The minimum absolute atomic E-state index is 0.212. The van der Waals surface area contributed by atoms with Crippen molar-refractivity contribution in [1.82, 2.24) is 14.9 Å². The quantitative estimate of drug-likeness (QED) is 0.649. The van der Waals surface area contributed by atoms with Crippen LogP contribution in [0.15, 0.2) is 48.5 Å². The van der Waals surface area contributed by atoms with Gasteiger partial charge in [0.2, 0.25) is 11.9 Å². The van der Waals surface area contributed by atoms with Gasteiger partial charge >= 0.3 is 0 Å². The number of aryl methyl sites for hydroxylation is 1. The van der Waals surface area contributed by atoms with Crippen molar-refractivity contribution >= 4 is 22.9 Å². The van der Waals surface area contributed by atoms with Crippen LogP contribution < -0.4 is 9.64 Å². The molecule has 0 atom stereocenters. The van der Waals surface area contributed by atoms with Crippen molar-refractivity contribution in [3.8, 4) is 5.75 Å². The third kappa shape index (κ3) is 4.88. The zero-order valence-corrected chi connectivity index (χ0v) is 16.9. The first kappa shape index (κ1) is 19.3. The maximum Gasteiger partial charge on any atom is 0.222 e. The van der Waals surface area contributed by atoms with Gasteiger partial charge in [-0.3, -0.25) is 4.79 Å². The molecule has 0 saturated carbocycles. The molecule has 29 heavy (non-hydrogen) atoms. The Morgan fingerprint density at radius 3 is 2.86 bits per heavy atom. The number of ether oxygens (including phenoxy) is 1. The number of carbonyl (C=O) groups is 1. The first-order valence-corrected chi connectivity index (χ1v) is 10.4. The van der Waals surface area contributed by atoms with Crippen LogP contribution in [0.5, 0.6) is 5.75 Å². The summed E-state index contributed by atoms with van der Waals surface area (Å²) in [6.07, 6.45) is 2.20. The fourth-order valence-electron chi connectivity index (χ4n) is 3.74. The van der Waals surface area contributed by atoms with Crippen molar-refractivity contribution < 1.29 is 9.53 Å². The number of para-hydroxylation sites is 2. The van der Waals surface area contributed by atoms with E-state index in [-0.39, 0.29) is 5.91 Å². The highest BCUT2D eigenvalue weighted by Crippen LogP contribution is 2.19. The molecule has 1 aromatic heterocycles. The Morgan fingerprint density at radius 1 is 1.10 bits per heavy atom. The number of aromatic amines is 1. The molecule has 2 aromatic carbocycles. The summed E-state index contributed by atoms with van der Waals surface area (Å²) in [7, 11) is 0. The number of imidazole rings is 1. The van der Waals surface area contributed by atoms with Crippen molar-refractivity contribution in [2.45, 2.75) is 26.2 Å². The summed E-state index contributed by atoms with van der Waals surface area (Å²) in [4.78, 5) is 24.9. The predicted molar refractivity (Wildman–Crippen MR) is 115 cm³/mol. The molecular formula is C23H28N4O2. The van der Waals surface area contributed by atoms with Crippen LogP contribution in [-0.2, 0) is 4.79 Å². The summed E-state index contributed by atoms with van der Waals surface area (Å²) >= 11 is 0. The molecule has 1 fully saturated rings. The minimum atomic E-state index is 0.212. The van der Waals surface area contributed by atoms with Crippen LogP contribution in [0.25, 0.3) is 11.0 Å². The van der Waals surface area contributed by atoms with Gasteiger partial charge in [-0.15, -0.1) is 0 Å². The Morgan fingerprint density at radius 2 is 2.00 bits per heavy atom. The van der Waals surface area contributed by atoms with Gasteiger partial charge in [0, 0.05) is 32.6 Å². The highest BCUT2D eigenvalue weighted by molar-refractivity contribution is 5.78. The lowest BCUT2D eigenvalue weighted by molar-refractivity contribution is -0.131. The lowest BCUT2D eigenvalue weighted by Crippen LogP contribution is -2.35. The third-order valence-corrected chi connectivity index (χ3v) is 5.32. The van der Waals surface area contributed by atoms with E-state index in [1.54, 1.807) is 0 Å². The molecule has 4 rings (SSSR count). The van der Waals surface area contributed by atoms with Gasteiger partial charge < -0.3 is 19.5 Å². The Kier molecular flexibility index (Phi) is 5.98. The lowest BCUT2D eigenvalue weighted by Gasteiger charge is -2.21. The molecule has 1 amide bonds. The van der Waals surface area contributed by atoms with Crippen LogP contribution in [0, 0.1) is 6.92 Å². The summed E-state index contributed by atoms with van der Waals surface area (Å²) in [6.45, 7) is 5.84. The maximum atomic E-state index is 12.6. The van der Waals surface area contributed by atoms with Gasteiger partial charge in [-0.25, -0.2) is 4.98 Å². The van der Waals surface area contributed by atoms with E-state index in [2.05, 4.69) is 9.88 Å². The first-order chi connectivity index (χ1) is 14.2. The fraction of sp³-hybridized carbons (Fsp3) is 0.391. The molecule has 6 nitrogen and oxygen atoms in total. The number of amides is 1. The smallest absolute Gasteiger partial charge is 0.222 e. The molecule has 1 saturated heterocycles. The summed E-state index contributed by atoms with van der Waals surface area (Å²) in [5.74, 6) is 1.98. The molecule has 6 heteroatoms. The standard InChI is InChI=1S/C23H28N4O2/c1-18-7-4-8-19(17-18)29-16-5-11-22(28)26-12-6-13-27(15-14-26)23-24-20-9-2-3-10-21(20)25-23/h2-4,7-10,17H,5-6,11-16H2,1H3,(H,24,25). The number of anilines is 1. The highest BCUT2D eigenvalue weighted by atomic mass is 16.5. The Bertz CT molecular complexity index is 935. The van der Waals surface area contributed by atoms with E-state index in [1.807, 2.05) is 60.4 Å². The van der Waals surface area contributed by atoms with Crippen LogP contribution in [0.4, 0.5) is 5.95 Å². The number of rotatable bonds is 6. The van der Waals surface area contributed by atoms with E-state index in [0.717, 1.165) is 61.8 Å². The average molecular weight is 393 g/mol. The second-order valence-corrected chi connectivity index (χ2v) is 7.57. The van der Waals surface area contributed by atoms with Crippen LogP contribution >= 0.6 is 0 Å². The number of H-pyrrole nitrogens is 1. The predicted octanol–water partition coefficient (Wildman–Crippen LogP) is 3.77. The van der Waals surface area contributed by atoms with Gasteiger partial charge in [0.15, 0.2) is 0 Å². The van der Waals surface area contributed by atoms with Crippen LogP contribution in [-0.4, -0.2) is 53.6 Å². The Hall–Kier alpha value is -3.02. The lowest BCUT2D eigenvalue weighted by atomic mass is 10.2. The molecule has 0 bridgehead atoms. The monoisotopic (exact) mass is 392 g/mol. The SMILES string of the molecule is Cc1cccc(OCCCC(=O)N2CCCN(c3nc4ccccc4[nH]3)CC2)c1. The summed E-state index contributed by atoms with van der Waals surface area (Å²) < 4.78 is 5.76. The van der Waals surface area contributed by atoms with Crippen LogP contribution in [0.1, 0.15) is 24.8 Å². The number of fused-ring (bicyclic) bond motifs is 1. The molecule has 0 unspecified atom stereocenters. The van der Waals surface area contributed by atoms with Crippen molar-refractivity contribution in [2.75, 3.05) is 37.7 Å². The van der Waals surface area contributed by atoms with E-state index >= 15 is 0 Å². The molecule has 1 N–H and O–H groups in total. The minimum Gasteiger partial charge on any atom is -0.494 e. The molecule has 2 heterocycles. The fourth-order valence-corrected chi connectivity index (χ4v) is 3.74. The molecule has 0 spiro atoms. The zero-order chi connectivity index (χ0) is 20.1. The van der Waals surface area contributed by atoms with E-state index in [0.29, 0.717) is 13.0 Å². The highest BCUT2D eigenvalue weighted by Gasteiger charge is 2.20. The van der Waals surface area contributed by atoms with E-state index in [4.69, 9.17) is 9.72 Å².